The van der Waals surface area contributed by atoms with E-state index in [4.69, 9.17) is 16.3 Å². The number of aromatic nitrogens is 2. The lowest BCUT2D eigenvalue weighted by atomic mass is 10.1. The second-order valence-corrected chi connectivity index (χ2v) is 8.79. The minimum atomic E-state index is -0.716. The summed E-state index contributed by atoms with van der Waals surface area (Å²) in [5, 5.41) is 11.4. The standard InChI is InChI=1S/C22H21ClFN5O4S.C2H6/c1-33-21(31)14-11-15(25-18(12-14)26-22-29(32)9-10-34-22)13-27-5-7-28(8-6-27)20(30)16-3-2-4-17(23)19(16)24;1-2/h2-4,9-12,32H,5-8,13H2,1H3;1-2H3/b26-22-;. The lowest BCUT2D eigenvalue weighted by Gasteiger charge is -2.34. The average molecular weight is 536 g/mol. The Labute approximate surface area is 217 Å². The molecule has 36 heavy (non-hydrogen) atoms. The number of methoxy groups -OCH3 is 1. The third-order valence-electron chi connectivity index (χ3n) is 5.29. The number of thiazole rings is 1. The van der Waals surface area contributed by atoms with Crippen molar-refractivity contribution in [1.29, 1.82) is 0 Å². The van der Waals surface area contributed by atoms with Crippen LogP contribution in [-0.2, 0) is 11.3 Å². The molecule has 1 saturated heterocycles. The van der Waals surface area contributed by atoms with Crippen LogP contribution in [0.15, 0.2) is 46.9 Å². The Hall–Kier alpha value is -3.28. The summed E-state index contributed by atoms with van der Waals surface area (Å²) in [4.78, 5) is 37.6. The first-order chi connectivity index (χ1) is 17.4. The van der Waals surface area contributed by atoms with Gasteiger partial charge in [0, 0.05) is 38.1 Å². The van der Waals surface area contributed by atoms with Gasteiger partial charge in [-0.2, -0.15) is 9.72 Å². The van der Waals surface area contributed by atoms with Gasteiger partial charge < -0.3 is 14.8 Å². The van der Waals surface area contributed by atoms with Gasteiger partial charge in [-0.3, -0.25) is 9.69 Å². The molecule has 0 unspecified atom stereocenters. The normalized spacial score (nSPS) is 14.2. The quantitative estimate of drug-likeness (QED) is 0.392. The molecule has 0 saturated carbocycles. The summed E-state index contributed by atoms with van der Waals surface area (Å²) < 4.78 is 19.9. The van der Waals surface area contributed by atoms with E-state index in [0.717, 1.165) is 4.73 Å². The molecule has 1 aromatic carbocycles. The number of rotatable bonds is 5. The van der Waals surface area contributed by atoms with Crippen molar-refractivity contribution in [3.8, 4) is 0 Å². The molecule has 1 aliphatic heterocycles. The zero-order chi connectivity index (χ0) is 26.2. The fraction of sp³-hybridized carbons (Fsp3) is 0.333. The van der Waals surface area contributed by atoms with Crippen LogP contribution in [0.1, 0.15) is 40.3 Å². The number of hydrogen-bond donors (Lipinski definition) is 1. The number of amides is 1. The van der Waals surface area contributed by atoms with Crippen LogP contribution in [0, 0.1) is 5.82 Å². The smallest absolute Gasteiger partial charge is 0.338 e. The summed E-state index contributed by atoms with van der Waals surface area (Å²) in [6.07, 6.45) is 1.45. The Morgan fingerprint density at radius 2 is 1.94 bits per heavy atom. The first-order valence-corrected chi connectivity index (χ1v) is 12.6. The maximum atomic E-state index is 14.2. The number of esters is 1. The number of benzene rings is 1. The molecule has 2 aromatic heterocycles. The van der Waals surface area contributed by atoms with Crippen LogP contribution in [0.25, 0.3) is 0 Å². The molecule has 192 valence electrons. The van der Waals surface area contributed by atoms with Gasteiger partial charge in [0.05, 0.1) is 35.2 Å². The Bertz CT molecular complexity index is 1290. The summed E-state index contributed by atoms with van der Waals surface area (Å²) in [5.74, 6) is -1.39. The van der Waals surface area contributed by atoms with Gasteiger partial charge >= 0.3 is 5.97 Å². The van der Waals surface area contributed by atoms with Gasteiger partial charge in [-0.25, -0.2) is 14.2 Å². The Balaban J connectivity index is 0.00000176. The van der Waals surface area contributed by atoms with Crippen LogP contribution in [0.3, 0.4) is 0 Å². The summed E-state index contributed by atoms with van der Waals surface area (Å²) in [7, 11) is 1.29. The zero-order valence-corrected chi connectivity index (χ0v) is 21.7. The molecule has 1 fully saturated rings. The predicted molar refractivity (Wildman–Crippen MR) is 134 cm³/mol. The predicted octanol–water partition coefficient (Wildman–Crippen LogP) is 3.98. The largest absolute Gasteiger partial charge is 0.465 e. The SMILES string of the molecule is CC.COC(=O)c1cc(CN2CCN(C(=O)c3cccc(Cl)c3F)CC2)nc(/N=c2\sccn2O)c1. The second kappa shape index (κ2) is 12.6. The van der Waals surface area contributed by atoms with Gasteiger partial charge in [-0.15, -0.1) is 11.3 Å². The van der Waals surface area contributed by atoms with Gasteiger partial charge in [0.15, 0.2) is 11.6 Å². The van der Waals surface area contributed by atoms with Gasteiger partial charge in [0.1, 0.15) is 0 Å². The molecular formula is C24H27ClFN5O4S. The van der Waals surface area contributed by atoms with E-state index in [1.165, 1.54) is 42.8 Å². The molecule has 1 N–H and O–H groups in total. The lowest BCUT2D eigenvalue weighted by Crippen LogP contribution is -2.48. The Morgan fingerprint density at radius 1 is 1.22 bits per heavy atom. The van der Waals surface area contributed by atoms with E-state index in [1.54, 1.807) is 22.4 Å². The molecule has 1 aliphatic rings. The van der Waals surface area contributed by atoms with E-state index < -0.39 is 17.7 Å². The number of halogens is 2. The molecule has 0 spiro atoms. The molecular weight excluding hydrogens is 509 g/mol. The van der Waals surface area contributed by atoms with Gasteiger partial charge in [0.2, 0.25) is 4.80 Å². The lowest BCUT2D eigenvalue weighted by molar-refractivity contribution is 0.0594. The van der Waals surface area contributed by atoms with Gasteiger partial charge in [-0.1, -0.05) is 31.5 Å². The highest BCUT2D eigenvalue weighted by molar-refractivity contribution is 7.07. The minimum absolute atomic E-state index is 0.0469. The van der Waals surface area contributed by atoms with E-state index in [2.05, 4.69) is 14.9 Å². The highest BCUT2D eigenvalue weighted by Crippen LogP contribution is 2.21. The van der Waals surface area contributed by atoms with Crippen LogP contribution >= 0.6 is 22.9 Å². The van der Waals surface area contributed by atoms with Crippen molar-refractivity contribution in [1.82, 2.24) is 19.5 Å². The van der Waals surface area contributed by atoms with E-state index in [1.807, 2.05) is 13.8 Å². The van der Waals surface area contributed by atoms with E-state index >= 15 is 0 Å². The third-order valence-corrected chi connectivity index (χ3v) is 6.33. The molecule has 3 aromatic rings. The van der Waals surface area contributed by atoms with Crippen LogP contribution in [-0.4, -0.2) is 69.9 Å². The Kier molecular flexibility index (Phi) is 9.57. The fourth-order valence-corrected chi connectivity index (χ4v) is 4.35. The molecule has 0 bridgehead atoms. The molecule has 1 amide bonds. The number of ether oxygens (including phenoxy) is 1. The van der Waals surface area contributed by atoms with Crippen LogP contribution in [0.2, 0.25) is 5.02 Å². The molecule has 0 atom stereocenters. The summed E-state index contributed by atoms with van der Waals surface area (Å²) in [6.45, 7) is 6.28. The number of hydrogen-bond acceptors (Lipinski definition) is 8. The fourth-order valence-electron chi connectivity index (χ4n) is 3.57. The average Bonchev–Trinajstić information content (AvgIpc) is 3.30. The first-order valence-electron chi connectivity index (χ1n) is 11.3. The number of carbonyl (C=O) groups excluding carboxylic acids is 2. The van der Waals surface area contributed by atoms with E-state index in [0.29, 0.717) is 43.2 Å². The maximum absolute atomic E-state index is 14.2. The molecule has 3 heterocycles. The van der Waals surface area contributed by atoms with Crippen molar-refractivity contribution < 1.29 is 23.9 Å². The summed E-state index contributed by atoms with van der Waals surface area (Å²) in [6, 6.07) is 7.50. The van der Waals surface area contributed by atoms with Crippen molar-refractivity contribution in [2.45, 2.75) is 20.4 Å². The van der Waals surface area contributed by atoms with E-state index in [-0.39, 0.29) is 22.0 Å². The first kappa shape index (κ1) is 27.3. The molecule has 9 nitrogen and oxygen atoms in total. The molecule has 12 heteroatoms. The molecule has 0 aliphatic carbocycles. The minimum Gasteiger partial charge on any atom is -0.465 e. The summed E-state index contributed by atoms with van der Waals surface area (Å²) in [5.41, 5.74) is 0.829. The van der Waals surface area contributed by atoms with Crippen molar-refractivity contribution in [3.05, 3.63) is 74.4 Å². The van der Waals surface area contributed by atoms with Gasteiger partial charge in [0.25, 0.3) is 5.91 Å². The van der Waals surface area contributed by atoms with Crippen LogP contribution in [0.5, 0.6) is 0 Å². The Morgan fingerprint density at radius 3 is 2.58 bits per heavy atom. The van der Waals surface area contributed by atoms with Crippen molar-refractivity contribution in [2.75, 3.05) is 33.3 Å². The summed E-state index contributed by atoms with van der Waals surface area (Å²) >= 11 is 7.02. The molecule has 4 rings (SSSR count). The van der Waals surface area contributed by atoms with Crippen LogP contribution < -0.4 is 4.80 Å². The zero-order valence-electron chi connectivity index (χ0n) is 20.1. The number of piperazine rings is 1. The number of carbonyl (C=O) groups is 2. The maximum Gasteiger partial charge on any atom is 0.338 e. The monoisotopic (exact) mass is 535 g/mol. The number of pyridine rings is 1. The highest BCUT2D eigenvalue weighted by Gasteiger charge is 2.25. The van der Waals surface area contributed by atoms with Crippen molar-refractivity contribution in [2.24, 2.45) is 4.99 Å². The highest BCUT2D eigenvalue weighted by atomic mass is 35.5. The number of nitrogens with zero attached hydrogens (tertiary/aromatic N) is 5. The van der Waals surface area contributed by atoms with Gasteiger partial charge in [-0.05, 0) is 24.3 Å². The van der Waals surface area contributed by atoms with Crippen molar-refractivity contribution in [3.63, 3.8) is 0 Å². The van der Waals surface area contributed by atoms with Crippen molar-refractivity contribution >= 4 is 40.6 Å². The third kappa shape index (κ3) is 6.48. The topological polar surface area (TPSA) is 100 Å². The molecule has 0 radical (unpaired) electrons. The second-order valence-electron chi connectivity index (χ2n) is 7.51. The van der Waals surface area contributed by atoms with Crippen LogP contribution in [0.4, 0.5) is 10.2 Å². The van der Waals surface area contributed by atoms with E-state index in [9.17, 15) is 19.2 Å².